The number of aromatic nitrogens is 2. The Morgan fingerprint density at radius 3 is 2.59 bits per heavy atom. The van der Waals surface area contributed by atoms with Gasteiger partial charge < -0.3 is 4.57 Å². The van der Waals surface area contributed by atoms with Gasteiger partial charge in [-0.2, -0.15) is 0 Å². The van der Waals surface area contributed by atoms with Crippen LogP contribution in [0, 0.1) is 0 Å². The van der Waals surface area contributed by atoms with Gasteiger partial charge in [0.1, 0.15) is 0 Å². The summed E-state index contributed by atoms with van der Waals surface area (Å²) in [7, 11) is 0. The second-order valence-corrected chi connectivity index (χ2v) is 3.96. The average molecular weight is 227 g/mol. The van der Waals surface area contributed by atoms with Gasteiger partial charge in [-0.15, -0.1) is 13.2 Å². The molecule has 0 fully saturated rings. The summed E-state index contributed by atoms with van der Waals surface area (Å²) >= 11 is 0. The molecule has 0 saturated carbocycles. The van der Waals surface area contributed by atoms with Gasteiger partial charge in [-0.1, -0.05) is 24.3 Å². The molecule has 2 rings (SSSR count). The summed E-state index contributed by atoms with van der Waals surface area (Å²) in [6.07, 6.45) is 5.69. The van der Waals surface area contributed by atoms with Crippen molar-refractivity contribution in [2.45, 2.75) is 6.67 Å². The smallest absolute Gasteiger partial charge is 0.0969 e. The van der Waals surface area contributed by atoms with Crippen molar-refractivity contribution in [2.75, 3.05) is 13.1 Å². The quantitative estimate of drug-likeness (QED) is 0.707. The van der Waals surface area contributed by atoms with Gasteiger partial charge in [0.25, 0.3) is 0 Å². The lowest BCUT2D eigenvalue weighted by atomic mass is 10.3. The zero-order valence-electron chi connectivity index (χ0n) is 9.92. The minimum Gasteiger partial charge on any atom is -0.317 e. The first-order valence-electron chi connectivity index (χ1n) is 5.69. The molecule has 2 aromatic rings. The lowest BCUT2D eigenvalue weighted by Gasteiger charge is -2.19. The van der Waals surface area contributed by atoms with Crippen LogP contribution in [-0.2, 0) is 6.67 Å². The van der Waals surface area contributed by atoms with Crippen LogP contribution in [0.25, 0.3) is 11.0 Å². The van der Waals surface area contributed by atoms with Crippen molar-refractivity contribution in [3.63, 3.8) is 0 Å². The molecule has 3 heteroatoms. The summed E-state index contributed by atoms with van der Waals surface area (Å²) in [4.78, 5) is 6.62. The molecule has 17 heavy (non-hydrogen) atoms. The fourth-order valence-electron chi connectivity index (χ4n) is 1.89. The van der Waals surface area contributed by atoms with Crippen molar-refractivity contribution in [2.24, 2.45) is 0 Å². The lowest BCUT2D eigenvalue weighted by molar-refractivity contribution is 0.271. The van der Waals surface area contributed by atoms with E-state index in [4.69, 9.17) is 0 Å². The maximum absolute atomic E-state index is 4.38. The molecule has 0 aliphatic heterocycles. The molecule has 0 unspecified atom stereocenters. The van der Waals surface area contributed by atoms with Crippen molar-refractivity contribution in [3.8, 4) is 0 Å². The molecule has 0 atom stereocenters. The molecule has 0 aliphatic rings. The molecule has 0 bridgehead atoms. The van der Waals surface area contributed by atoms with E-state index < -0.39 is 0 Å². The van der Waals surface area contributed by atoms with E-state index in [1.165, 1.54) is 0 Å². The van der Waals surface area contributed by atoms with Crippen molar-refractivity contribution in [1.82, 2.24) is 14.5 Å². The number of imidazole rings is 1. The van der Waals surface area contributed by atoms with Crippen LogP contribution in [0.2, 0.25) is 0 Å². The van der Waals surface area contributed by atoms with Crippen LogP contribution in [-0.4, -0.2) is 27.5 Å². The summed E-state index contributed by atoms with van der Waals surface area (Å²) < 4.78 is 2.14. The third-order valence-corrected chi connectivity index (χ3v) is 2.65. The van der Waals surface area contributed by atoms with Crippen LogP contribution < -0.4 is 0 Å². The predicted molar refractivity (Wildman–Crippen MR) is 71.7 cm³/mol. The highest BCUT2D eigenvalue weighted by molar-refractivity contribution is 5.74. The van der Waals surface area contributed by atoms with E-state index in [1.807, 2.05) is 36.7 Å². The largest absolute Gasteiger partial charge is 0.317 e. The maximum atomic E-state index is 4.38. The first-order valence-corrected chi connectivity index (χ1v) is 5.69. The monoisotopic (exact) mass is 227 g/mol. The van der Waals surface area contributed by atoms with Crippen molar-refractivity contribution < 1.29 is 0 Å². The Balaban J connectivity index is 2.21. The number of benzene rings is 1. The van der Waals surface area contributed by atoms with E-state index in [0.29, 0.717) is 0 Å². The van der Waals surface area contributed by atoms with Gasteiger partial charge in [-0.3, -0.25) is 4.90 Å². The number of hydrogen-bond donors (Lipinski definition) is 0. The Morgan fingerprint density at radius 1 is 1.18 bits per heavy atom. The van der Waals surface area contributed by atoms with Gasteiger partial charge >= 0.3 is 0 Å². The summed E-state index contributed by atoms with van der Waals surface area (Å²) in [5.74, 6) is 0. The summed E-state index contributed by atoms with van der Waals surface area (Å²) in [5.41, 5.74) is 2.19. The van der Waals surface area contributed by atoms with Gasteiger partial charge in [0.05, 0.1) is 24.0 Å². The van der Waals surface area contributed by atoms with Crippen LogP contribution in [0.15, 0.2) is 55.9 Å². The standard InChI is InChI=1S/C14H17N3/c1-3-9-16(10-4-2)12-17-11-15-13-7-5-6-8-14(13)17/h3-8,11H,1-2,9-10,12H2. The number of nitrogens with zero attached hydrogens (tertiary/aromatic N) is 3. The first kappa shape index (κ1) is 11.6. The topological polar surface area (TPSA) is 21.1 Å². The van der Waals surface area contributed by atoms with Crippen molar-refractivity contribution >= 4 is 11.0 Å². The molecular formula is C14H17N3. The summed E-state index contributed by atoms with van der Waals surface area (Å²) in [6.45, 7) is 10.0. The van der Waals surface area contributed by atoms with Crippen molar-refractivity contribution in [1.29, 1.82) is 0 Å². The predicted octanol–water partition coefficient (Wildman–Crippen LogP) is 2.67. The molecule has 1 heterocycles. The second-order valence-electron chi connectivity index (χ2n) is 3.96. The minimum absolute atomic E-state index is 0.804. The van der Waals surface area contributed by atoms with Gasteiger partial charge in [-0.05, 0) is 12.1 Å². The average Bonchev–Trinajstić information content (AvgIpc) is 2.74. The summed E-state index contributed by atoms with van der Waals surface area (Å²) in [6, 6.07) is 8.15. The Hall–Kier alpha value is -1.87. The number of fused-ring (bicyclic) bond motifs is 1. The molecule has 0 saturated heterocycles. The molecule has 88 valence electrons. The number of hydrogen-bond acceptors (Lipinski definition) is 2. The van der Waals surface area contributed by atoms with Crippen LogP contribution >= 0.6 is 0 Å². The van der Waals surface area contributed by atoms with Gasteiger partial charge in [0.2, 0.25) is 0 Å². The van der Waals surface area contributed by atoms with E-state index in [2.05, 4.69) is 33.7 Å². The zero-order chi connectivity index (χ0) is 12.1. The van der Waals surface area contributed by atoms with Gasteiger partial charge in [0, 0.05) is 13.1 Å². The Bertz CT molecular complexity index is 503. The Morgan fingerprint density at radius 2 is 1.88 bits per heavy atom. The molecular weight excluding hydrogens is 210 g/mol. The second kappa shape index (κ2) is 5.46. The lowest BCUT2D eigenvalue weighted by Crippen LogP contribution is -2.26. The van der Waals surface area contributed by atoms with E-state index in [0.717, 1.165) is 30.8 Å². The minimum atomic E-state index is 0.804. The molecule has 0 N–H and O–H groups in total. The highest BCUT2D eigenvalue weighted by Gasteiger charge is 2.05. The van der Waals surface area contributed by atoms with E-state index in [1.54, 1.807) is 0 Å². The molecule has 0 aliphatic carbocycles. The van der Waals surface area contributed by atoms with Gasteiger partial charge in [0.15, 0.2) is 0 Å². The first-order chi connectivity index (χ1) is 8.35. The fraction of sp³-hybridized carbons (Fsp3) is 0.214. The van der Waals surface area contributed by atoms with Crippen LogP contribution in [0.5, 0.6) is 0 Å². The fourth-order valence-corrected chi connectivity index (χ4v) is 1.89. The van der Waals surface area contributed by atoms with E-state index >= 15 is 0 Å². The Labute approximate surface area is 102 Å². The van der Waals surface area contributed by atoms with Crippen LogP contribution in [0.3, 0.4) is 0 Å². The Kier molecular flexibility index (Phi) is 3.73. The van der Waals surface area contributed by atoms with Crippen LogP contribution in [0.4, 0.5) is 0 Å². The highest BCUT2D eigenvalue weighted by atomic mass is 15.3. The SMILES string of the molecule is C=CCN(CC=C)Cn1cnc2ccccc21. The third kappa shape index (κ3) is 2.63. The molecule has 0 spiro atoms. The van der Waals surface area contributed by atoms with E-state index in [9.17, 15) is 0 Å². The third-order valence-electron chi connectivity index (χ3n) is 2.65. The molecule has 3 nitrogen and oxygen atoms in total. The highest BCUT2D eigenvalue weighted by Crippen LogP contribution is 2.12. The molecule has 1 aromatic carbocycles. The molecule has 1 aromatic heterocycles. The zero-order valence-corrected chi connectivity index (χ0v) is 9.92. The van der Waals surface area contributed by atoms with E-state index in [-0.39, 0.29) is 0 Å². The maximum Gasteiger partial charge on any atom is 0.0969 e. The number of para-hydroxylation sites is 2. The molecule has 0 radical (unpaired) electrons. The van der Waals surface area contributed by atoms with Gasteiger partial charge in [-0.25, -0.2) is 4.98 Å². The van der Waals surface area contributed by atoms with Crippen LogP contribution in [0.1, 0.15) is 0 Å². The van der Waals surface area contributed by atoms with Crippen molar-refractivity contribution in [3.05, 3.63) is 55.9 Å². The normalized spacial score (nSPS) is 10.9. The molecule has 0 amide bonds. The summed E-state index contributed by atoms with van der Waals surface area (Å²) in [5, 5.41) is 0. The number of rotatable bonds is 6.